The van der Waals surface area contributed by atoms with Crippen molar-refractivity contribution in [2.75, 3.05) is 5.75 Å². The molecule has 1 saturated heterocycles. The first-order valence-electron chi connectivity index (χ1n) is 3.75. The molecular weight excluding hydrogens is 148 g/mol. The molecule has 3 heteroatoms. The minimum atomic E-state index is -2.69. The highest BCUT2D eigenvalue weighted by molar-refractivity contribution is 7.92. The predicted octanol–water partition coefficient (Wildman–Crippen LogP) is 1.22. The molecule has 0 aromatic heterocycles. The lowest BCUT2D eigenvalue weighted by molar-refractivity contribution is 0.538. The molecule has 1 aliphatic heterocycles. The van der Waals surface area contributed by atoms with Crippen LogP contribution < -0.4 is 0 Å². The van der Waals surface area contributed by atoms with E-state index in [-0.39, 0.29) is 5.25 Å². The summed E-state index contributed by atoms with van der Waals surface area (Å²) >= 11 is 0. The fourth-order valence-electron chi connectivity index (χ4n) is 1.56. The van der Waals surface area contributed by atoms with Gasteiger partial charge in [0.25, 0.3) is 0 Å². The Balaban J connectivity index is 2.79. The van der Waals surface area contributed by atoms with Crippen LogP contribution in [0, 0.1) is 5.92 Å². The largest absolute Gasteiger partial charge is 0.229 e. The minimum Gasteiger partial charge on any atom is -0.229 e. The maximum atomic E-state index is 11.2. The Bertz CT molecular complexity index is 204. The molecule has 0 spiro atoms. The summed E-state index contributed by atoms with van der Waals surface area (Å²) in [6.07, 6.45) is 1.74. The summed E-state index contributed by atoms with van der Waals surface area (Å²) in [7, 11) is -2.69. The average molecular weight is 162 g/mol. The zero-order valence-corrected chi connectivity index (χ0v) is 7.32. The molecule has 0 aromatic rings. The van der Waals surface area contributed by atoms with Gasteiger partial charge in [0.1, 0.15) is 0 Å². The van der Waals surface area contributed by atoms with Crippen LogP contribution in [0.25, 0.3) is 0 Å². The Labute approximate surface area is 62.5 Å². The van der Waals surface area contributed by atoms with Crippen molar-refractivity contribution >= 4 is 9.84 Å². The molecule has 1 fully saturated rings. The monoisotopic (exact) mass is 162 g/mol. The van der Waals surface area contributed by atoms with Crippen LogP contribution in [0.2, 0.25) is 0 Å². The molecule has 1 atom stereocenters. The first-order chi connectivity index (χ1) is 4.54. The van der Waals surface area contributed by atoms with Gasteiger partial charge in [-0.1, -0.05) is 13.8 Å². The van der Waals surface area contributed by atoms with E-state index in [0.29, 0.717) is 11.7 Å². The second kappa shape index (κ2) is 2.53. The van der Waals surface area contributed by atoms with E-state index < -0.39 is 9.84 Å². The quantitative estimate of drug-likeness (QED) is 0.581. The van der Waals surface area contributed by atoms with Crippen LogP contribution >= 0.6 is 0 Å². The van der Waals surface area contributed by atoms with Crippen molar-refractivity contribution in [3.05, 3.63) is 0 Å². The highest BCUT2D eigenvalue weighted by Gasteiger charge is 2.33. The second-order valence-electron chi connectivity index (χ2n) is 3.29. The Morgan fingerprint density at radius 2 is 2.00 bits per heavy atom. The molecule has 0 aliphatic carbocycles. The number of hydrogen-bond acceptors (Lipinski definition) is 2. The highest BCUT2D eigenvalue weighted by Crippen LogP contribution is 2.25. The first-order valence-corrected chi connectivity index (χ1v) is 5.47. The van der Waals surface area contributed by atoms with Gasteiger partial charge in [0.15, 0.2) is 9.84 Å². The van der Waals surface area contributed by atoms with E-state index in [4.69, 9.17) is 0 Å². The molecule has 0 saturated carbocycles. The lowest BCUT2D eigenvalue weighted by Crippen LogP contribution is -2.21. The van der Waals surface area contributed by atoms with Crippen LogP contribution in [0.3, 0.4) is 0 Å². The fourth-order valence-corrected chi connectivity index (χ4v) is 3.79. The molecule has 60 valence electrons. The minimum absolute atomic E-state index is 0.0486. The SMILES string of the molecule is CC(C)[C@H]1CCCS1(=O)=O. The van der Waals surface area contributed by atoms with Gasteiger partial charge < -0.3 is 0 Å². The van der Waals surface area contributed by atoms with Gasteiger partial charge in [-0.25, -0.2) is 8.42 Å². The van der Waals surface area contributed by atoms with Gasteiger partial charge in [-0.2, -0.15) is 0 Å². The second-order valence-corrected chi connectivity index (χ2v) is 5.63. The van der Waals surface area contributed by atoms with Crippen molar-refractivity contribution in [3.8, 4) is 0 Å². The molecule has 2 nitrogen and oxygen atoms in total. The summed E-state index contributed by atoms with van der Waals surface area (Å²) in [6, 6.07) is 0. The smallest absolute Gasteiger partial charge is 0.153 e. The van der Waals surface area contributed by atoms with Crippen molar-refractivity contribution in [2.24, 2.45) is 5.92 Å². The molecule has 0 unspecified atom stereocenters. The molecule has 10 heavy (non-hydrogen) atoms. The van der Waals surface area contributed by atoms with E-state index in [1.54, 1.807) is 0 Å². The van der Waals surface area contributed by atoms with Crippen molar-refractivity contribution in [1.82, 2.24) is 0 Å². The molecule has 1 rings (SSSR count). The van der Waals surface area contributed by atoms with Gasteiger partial charge in [-0.15, -0.1) is 0 Å². The highest BCUT2D eigenvalue weighted by atomic mass is 32.2. The number of hydrogen-bond donors (Lipinski definition) is 0. The van der Waals surface area contributed by atoms with Gasteiger partial charge in [-0.3, -0.25) is 0 Å². The molecule has 0 radical (unpaired) electrons. The molecular formula is C7H14O2S. The number of rotatable bonds is 1. The third-order valence-electron chi connectivity index (χ3n) is 2.12. The zero-order valence-electron chi connectivity index (χ0n) is 6.50. The van der Waals surface area contributed by atoms with Gasteiger partial charge in [-0.05, 0) is 18.8 Å². The Morgan fingerprint density at radius 3 is 2.20 bits per heavy atom. The van der Waals surface area contributed by atoms with E-state index in [1.807, 2.05) is 13.8 Å². The average Bonchev–Trinajstić information content (AvgIpc) is 2.08. The molecule has 0 bridgehead atoms. The van der Waals surface area contributed by atoms with Gasteiger partial charge in [0.05, 0.1) is 11.0 Å². The van der Waals surface area contributed by atoms with E-state index >= 15 is 0 Å². The molecule has 0 aromatic carbocycles. The Morgan fingerprint density at radius 1 is 1.40 bits per heavy atom. The summed E-state index contributed by atoms with van der Waals surface area (Å²) in [5.74, 6) is 0.711. The van der Waals surface area contributed by atoms with Crippen LogP contribution in [0.4, 0.5) is 0 Å². The number of sulfone groups is 1. The van der Waals surface area contributed by atoms with E-state index in [9.17, 15) is 8.42 Å². The maximum Gasteiger partial charge on any atom is 0.153 e. The van der Waals surface area contributed by atoms with Crippen molar-refractivity contribution in [2.45, 2.75) is 31.9 Å². The van der Waals surface area contributed by atoms with Crippen LogP contribution in [-0.2, 0) is 9.84 Å². The lowest BCUT2D eigenvalue weighted by atomic mass is 10.1. The van der Waals surface area contributed by atoms with E-state index in [2.05, 4.69) is 0 Å². The van der Waals surface area contributed by atoms with Crippen LogP contribution in [0.15, 0.2) is 0 Å². The summed E-state index contributed by atoms with van der Waals surface area (Å²) in [4.78, 5) is 0. The van der Waals surface area contributed by atoms with Crippen molar-refractivity contribution < 1.29 is 8.42 Å². The van der Waals surface area contributed by atoms with Crippen LogP contribution in [0.5, 0.6) is 0 Å². The lowest BCUT2D eigenvalue weighted by Gasteiger charge is -2.11. The fraction of sp³-hybridized carbons (Fsp3) is 1.00. The van der Waals surface area contributed by atoms with Crippen molar-refractivity contribution in [1.29, 1.82) is 0 Å². The van der Waals surface area contributed by atoms with E-state index in [1.165, 1.54) is 0 Å². The van der Waals surface area contributed by atoms with Crippen LogP contribution in [0.1, 0.15) is 26.7 Å². The molecule has 1 aliphatic rings. The summed E-state index contributed by atoms with van der Waals surface area (Å²) in [5, 5.41) is -0.0486. The normalized spacial score (nSPS) is 31.3. The predicted molar refractivity (Wildman–Crippen MR) is 41.6 cm³/mol. The van der Waals surface area contributed by atoms with Crippen LogP contribution in [-0.4, -0.2) is 19.4 Å². The van der Waals surface area contributed by atoms with Gasteiger partial charge in [0, 0.05) is 0 Å². The molecule has 1 heterocycles. The summed E-state index contributed by atoms with van der Waals surface area (Å²) in [6.45, 7) is 3.96. The van der Waals surface area contributed by atoms with E-state index in [0.717, 1.165) is 12.8 Å². The van der Waals surface area contributed by atoms with Gasteiger partial charge >= 0.3 is 0 Å². The standard InChI is InChI=1S/C7H14O2S/c1-6(2)7-4-3-5-10(7,8)9/h6-7H,3-5H2,1-2H3/t7-/m1/s1. The topological polar surface area (TPSA) is 34.1 Å². The zero-order chi connectivity index (χ0) is 7.78. The third-order valence-corrected chi connectivity index (χ3v) is 4.68. The summed E-state index contributed by atoms with van der Waals surface area (Å²) < 4.78 is 22.4. The third kappa shape index (κ3) is 1.34. The maximum absolute atomic E-state index is 11.2. The molecule has 0 amide bonds. The van der Waals surface area contributed by atoms with Crippen molar-refractivity contribution in [3.63, 3.8) is 0 Å². The Kier molecular flexibility index (Phi) is 2.04. The Hall–Kier alpha value is -0.0500. The summed E-state index contributed by atoms with van der Waals surface area (Å²) in [5.41, 5.74) is 0. The molecule has 0 N–H and O–H groups in total. The first kappa shape index (κ1) is 8.05. The van der Waals surface area contributed by atoms with Gasteiger partial charge in [0.2, 0.25) is 0 Å².